The molecule has 1 amide bonds. The lowest BCUT2D eigenvalue weighted by Gasteiger charge is -2.22. The van der Waals surface area contributed by atoms with E-state index in [0.717, 1.165) is 37.8 Å². The van der Waals surface area contributed by atoms with E-state index in [1.807, 2.05) is 6.07 Å². The Morgan fingerprint density at radius 2 is 2.30 bits per heavy atom. The molecule has 1 aromatic heterocycles. The van der Waals surface area contributed by atoms with Gasteiger partial charge in [-0.1, -0.05) is 0 Å². The lowest BCUT2D eigenvalue weighted by atomic mass is 9.96. The molecule has 1 fully saturated rings. The van der Waals surface area contributed by atoms with Gasteiger partial charge in [-0.15, -0.1) is 10.2 Å². The van der Waals surface area contributed by atoms with Gasteiger partial charge in [-0.25, -0.2) is 0 Å². The molecule has 0 spiro atoms. The summed E-state index contributed by atoms with van der Waals surface area (Å²) in [6, 6.07) is 3.52. The number of nitrogens with one attached hydrogen (secondary N) is 2. The Kier molecular flexibility index (Phi) is 5.29. The van der Waals surface area contributed by atoms with Crippen LogP contribution in [0.2, 0.25) is 0 Å². The normalized spacial score (nSPS) is 18.6. The number of carbonyl (C=O) groups excluding carboxylic acids is 1. The van der Waals surface area contributed by atoms with Crippen LogP contribution in [0.3, 0.4) is 0 Å². The van der Waals surface area contributed by atoms with E-state index < -0.39 is 0 Å². The number of piperidine rings is 1. The van der Waals surface area contributed by atoms with Gasteiger partial charge in [0, 0.05) is 20.6 Å². The highest BCUT2D eigenvalue weighted by Gasteiger charge is 2.13. The summed E-state index contributed by atoms with van der Waals surface area (Å²) in [7, 11) is 3.41. The minimum atomic E-state index is -0.127. The van der Waals surface area contributed by atoms with E-state index in [0.29, 0.717) is 5.69 Å². The van der Waals surface area contributed by atoms with Gasteiger partial charge in [-0.05, 0) is 50.4 Å². The van der Waals surface area contributed by atoms with Gasteiger partial charge in [0.05, 0.1) is 0 Å². The van der Waals surface area contributed by atoms with Crippen molar-refractivity contribution < 1.29 is 4.79 Å². The summed E-state index contributed by atoms with van der Waals surface area (Å²) in [5.41, 5.74) is 0.372. The number of amides is 1. The summed E-state index contributed by atoms with van der Waals surface area (Å²) in [6.07, 6.45) is 3.70. The molecule has 0 aromatic carbocycles. The summed E-state index contributed by atoms with van der Waals surface area (Å²) in [6.45, 7) is 3.16. The molecule has 2 rings (SSSR count). The van der Waals surface area contributed by atoms with E-state index in [4.69, 9.17) is 0 Å². The van der Waals surface area contributed by atoms with Crippen LogP contribution in [0.15, 0.2) is 12.1 Å². The minimum Gasteiger partial charge on any atom is -0.369 e. The second kappa shape index (κ2) is 7.19. The maximum absolute atomic E-state index is 11.7. The molecule has 0 bridgehead atoms. The number of nitrogens with zero attached hydrogens (tertiary/aromatic N) is 3. The van der Waals surface area contributed by atoms with E-state index >= 15 is 0 Å². The standard InChI is InChI=1S/C14H23N5O/c1-19(2)14(20)12-5-6-13(18-17-12)16-9-7-11-4-3-8-15-10-11/h5-6,11,15H,3-4,7-10H2,1-2H3,(H,16,18). The summed E-state index contributed by atoms with van der Waals surface area (Å²) in [4.78, 5) is 13.2. The number of hydrogen-bond acceptors (Lipinski definition) is 5. The molecule has 6 heteroatoms. The van der Waals surface area contributed by atoms with Gasteiger partial charge >= 0.3 is 0 Å². The first-order valence-electron chi connectivity index (χ1n) is 7.17. The first-order valence-corrected chi connectivity index (χ1v) is 7.17. The van der Waals surface area contributed by atoms with Gasteiger partial charge in [-0.3, -0.25) is 4.79 Å². The molecular weight excluding hydrogens is 254 g/mol. The smallest absolute Gasteiger partial charge is 0.273 e. The van der Waals surface area contributed by atoms with Crippen molar-refractivity contribution in [1.82, 2.24) is 20.4 Å². The third kappa shape index (κ3) is 4.16. The summed E-state index contributed by atoms with van der Waals surface area (Å²) >= 11 is 0. The third-order valence-corrected chi connectivity index (χ3v) is 3.55. The SMILES string of the molecule is CN(C)C(=O)c1ccc(NCCC2CCCNC2)nn1. The zero-order valence-electron chi connectivity index (χ0n) is 12.2. The molecule has 0 radical (unpaired) electrons. The van der Waals surface area contributed by atoms with Crippen molar-refractivity contribution in [3.63, 3.8) is 0 Å². The van der Waals surface area contributed by atoms with Crippen molar-refractivity contribution in [3.8, 4) is 0 Å². The van der Waals surface area contributed by atoms with Crippen LogP contribution < -0.4 is 10.6 Å². The average molecular weight is 277 g/mol. The Morgan fingerprint density at radius 1 is 1.45 bits per heavy atom. The van der Waals surface area contributed by atoms with Gasteiger partial charge in [0.2, 0.25) is 0 Å². The molecule has 2 N–H and O–H groups in total. The van der Waals surface area contributed by atoms with Crippen LogP contribution in [-0.2, 0) is 0 Å². The molecule has 1 aliphatic heterocycles. The van der Waals surface area contributed by atoms with E-state index in [1.165, 1.54) is 17.7 Å². The van der Waals surface area contributed by atoms with E-state index in [9.17, 15) is 4.79 Å². The van der Waals surface area contributed by atoms with Gasteiger partial charge in [0.15, 0.2) is 5.69 Å². The molecule has 1 aromatic rings. The zero-order chi connectivity index (χ0) is 14.4. The van der Waals surface area contributed by atoms with Crippen LogP contribution in [0.25, 0.3) is 0 Å². The lowest BCUT2D eigenvalue weighted by Crippen LogP contribution is -2.30. The first kappa shape index (κ1) is 14.7. The van der Waals surface area contributed by atoms with Crippen LogP contribution in [0.1, 0.15) is 29.8 Å². The van der Waals surface area contributed by atoms with Crippen molar-refractivity contribution in [2.45, 2.75) is 19.3 Å². The van der Waals surface area contributed by atoms with Gasteiger partial charge in [0.25, 0.3) is 5.91 Å². The van der Waals surface area contributed by atoms with Gasteiger partial charge in [-0.2, -0.15) is 0 Å². The molecule has 1 saturated heterocycles. The zero-order valence-corrected chi connectivity index (χ0v) is 12.2. The van der Waals surface area contributed by atoms with E-state index in [2.05, 4.69) is 20.8 Å². The fourth-order valence-electron chi connectivity index (χ4n) is 2.34. The highest BCUT2D eigenvalue weighted by Crippen LogP contribution is 2.14. The summed E-state index contributed by atoms with van der Waals surface area (Å²) < 4.78 is 0. The lowest BCUT2D eigenvalue weighted by molar-refractivity contribution is 0.0821. The Morgan fingerprint density at radius 3 is 2.90 bits per heavy atom. The van der Waals surface area contributed by atoms with Crippen molar-refractivity contribution in [3.05, 3.63) is 17.8 Å². The number of anilines is 1. The predicted molar refractivity (Wildman–Crippen MR) is 78.7 cm³/mol. The van der Waals surface area contributed by atoms with E-state index in [1.54, 1.807) is 20.2 Å². The second-order valence-corrected chi connectivity index (χ2v) is 5.43. The maximum atomic E-state index is 11.7. The van der Waals surface area contributed by atoms with Gasteiger partial charge in [0.1, 0.15) is 5.82 Å². The quantitative estimate of drug-likeness (QED) is 0.839. The van der Waals surface area contributed by atoms with E-state index in [-0.39, 0.29) is 5.91 Å². The monoisotopic (exact) mass is 277 g/mol. The molecule has 0 saturated carbocycles. The largest absolute Gasteiger partial charge is 0.369 e. The molecular formula is C14H23N5O. The Balaban J connectivity index is 1.77. The number of carbonyl (C=O) groups is 1. The topological polar surface area (TPSA) is 70.2 Å². The summed E-state index contributed by atoms with van der Waals surface area (Å²) in [5.74, 6) is 1.35. The fraction of sp³-hybridized carbons (Fsp3) is 0.643. The molecule has 20 heavy (non-hydrogen) atoms. The maximum Gasteiger partial charge on any atom is 0.273 e. The average Bonchev–Trinajstić information content (AvgIpc) is 2.48. The van der Waals surface area contributed by atoms with Crippen molar-refractivity contribution in [2.75, 3.05) is 39.0 Å². The van der Waals surface area contributed by atoms with Crippen LogP contribution in [0, 0.1) is 5.92 Å². The molecule has 1 aliphatic rings. The van der Waals surface area contributed by atoms with Crippen molar-refractivity contribution >= 4 is 11.7 Å². The molecule has 1 unspecified atom stereocenters. The number of hydrogen-bond donors (Lipinski definition) is 2. The summed E-state index contributed by atoms with van der Waals surface area (Å²) in [5, 5.41) is 14.7. The van der Waals surface area contributed by atoms with Gasteiger partial charge < -0.3 is 15.5 Å². The van der Waals surface area contributed by atoms with Crippen LogP contribution in [0.4, 0.5) is 5.82 Å². The minimum absolute atomic E-state index is 0.127. The van der Waals surface area contributed by atoms with Crippen LogP contribution >= 0.6 is 0 Å². The first-order chi connectivity index (χ1) is 9.66. The highest BCUT2D eigenvalue weighted by molar-refractivity contribution is 5.91. The molecule has 0 aliphatic carbocycles. The third-order valence-electron chi connectivity index (χ3n) is 3.55. The fourth-order valence-corrected chi connectivity index (χ4v) is 2.34. The van der Waals surface area contributed by atoms with Crippen molar-refractivity contribution in [1.29, 1.82) is 0 Å². The second-order valence-electron chi connectivity index (χ2n) is 5.43. The molecule has 110 valence electrons. The van der Waals surface area contributed by atoms with Crippen molar-refractivity contribution in [2.24, 2.45) is 5.92 Å². The Hall–Kier alpha value is -1.69. The predicted octanol–water partition coefficient (Wildman–Crippen LogP) is 0.980. The number of aromatic nitrogens is 2. The Labute approximate surface area is 120 Å². The molecule has 1 atom stereocenters. The Bertz CT molecular complexity index is 426. The van der Waals surface area contributed by atoms with Crippen LogP contribution in [-0.4, -0.2) is 54.7 Å². The highest BCUT2D eigenvalue weighted by atomic mass is 16.2. The van der Waals surface area contributed by atoms with Crippen LogP contribution in [0.5, 0.6) is 0 Å². The molecule has 2 heterocycles. The molecule has 6 nitrogen and oxygen atoms in total. The number of rotatable bonds is 5.